The van der Waals surface area contributed by atoms with E-state index in [2.05, 4.69) is 44.3 Å². The highest BCUT2D eigenvalue weighted by Gasteiger charge is 2.51. The quantitative estimate of drug-likeness (QED) is 0.362. The fraction of sp³-hybridized carbons (Fsp3) is 0.387. The van der Waals surface area contributed by atoms with E-state index in [-0.39, 0.29) is 11.7 Å². The number of halogens is 1. The number of benzene rings is 3. The minimum Gasteiger partial charge on any atom is -0.325 e. The lowest BCUT2D eigenvalue weighted by Gasteiger charge is -2.21. The van der Waals surface area contributed by atoms with Gasteiger partial charge in [0.25, 0.3) is 0 Å². The molecule has 0 aromatic heterocycles. The van der Waals surface area contributed by atoms with E-state index in [1.807, 2.05) is 44.2 Å². The summed E-state index contributed by atoms with van der Waals surface area (Å²) in [7, 11) is 0. The normalized spacial score (nSPS) is 15.1. The minimum absolute atomic E-state index is 0.0328. The molecule has 1 aliphatic rings. The van der Waals surface area contributed by atoms with Gasteiger partial charge in [-0.25, -0.2) is 4.39 Å². The van der Waals surface area contributed by atoms with Crippen LogP contribution < -0.4 is 5.32 Å². The number of aryl methyl sites for hydroxylation is 3. The van der Waals surface area contributed by atoms with Gasteiger partial charge >= 0.3 is 0 Å². The van der Waals surface area contributed by atoms with Crippen molar-refractivity contribution in [1.82, 2.24) is 0 Å². The zero-order valence-corrected chi connectivity index (χ0v) is 21.1. The summed E-state index contributed by atoms with van der Waals surface area (Å²) >= 11 is 0. The van der Waals surface area contributed by atoms with E-state index in [4.69, 9.17) is 0 Å². The van der Waals surface area contributed by atoms with Crippen LogP contribution >= 0.6 is 0 Å². The lowest BCUT2D eigenvalue weighted by Crippen LogP contribution is -2.28. The first-order chi connectivity index (χ1) is 16.3. The fourth-order valence-electron chi connectivity index (χ4n) is 4.94. The number of rotatable bonds is 8. The number of anilines is 1. The molecule has 0 radical (unpaired) electrons. The number of hydrogen-bond donors (Lipinski definition) is 1. The molecule has 1 aliphatic carbocycles. The Morgan fingerprint density at radius 2 is 1.76 bits per heavy atom. The molecule has 0 aliphatic heterocycles. The van der Waals surface area contributed by atoms with Gasteiger partial charge in [0.15, 0.2) is 0 Å². The fourth-order valence-corrected chi connectivity index (χ4v) is 4.94. The Kier molecular flexibility index (Phi) is 6.93. The maximum atomic E-state index is 14.7. The third-order valence-corrected chi connectivity index (χ3v) is 7.45. The van der Waals surface area contributed by atoms with Crippen molar-refractivity contribution in [3.63, 3.8) is 0 Å². The largest absolute Gasteiger partial charge is 0.325 e. The van der Waals surface area contributed by atoms with Crippen LogP contribution in [0.5, 0.6) is 0 Å². The van der Waals surface area contributed by atoms with Gasteiger partial charge in [-0.3, -0.25) is 4.79 Å². The summed E-state index contributed by atoms with van der Waals surface area (Å²) in [6.07, 6.45) is 4.96. The average Bonchev–Trinajstić information content (AvgIpc) is 3.63. The molecule has 0 heterocycles. The Labute approximate surface area is 203 Å². The Bertz CT molecular complexity index is 1210. The van der Waals surface area contributed by atoms with Crippen molar-refractivity contribution < 1.29 is 9.18 Å². The van der Waals surface area contributed by atoms with Crippen LogP contribution in [0.2, 0.25) is 0 Å². The van der Waals surface area contributed by atoms with E-state index in [9.17, 15) is 9.18 Å². The molecule has 1 amide bonds. The monoisotopic (exact) mass is 457 g/mol. The molecular weight excluding hydrogens is 421 g/mol. The van der Waals surface area contributed by atoms with Crippen molar-refractivity contribution in [2.45, 2.75) is 78.1 Å². The molecule has 1 saturated carbocycles. The van der Waals surface area contributed by atoms with Crippen molar-refractivity contribution in [3.05, 3.63) is 88.2 Å². The maximum Gasteiger partial charge on any atom is 0.235 e. The highest BCUT2D eigenvalue weighted by atomic mass is 19.1. The Hall–Kier alpha value is -2.94. The summed E-state index contributed by atoms with van der Waals surface area (Å²) in [4.78, 5) is 13.5. The molecule has 1 N–H and O–H groups in total. The lowest BCUT2D eigenvalue weighted by molar-refractivity contribution is -0.118. The van der Waals surface area contributed by atoms with Crippen LogP contribution in [-0.2, 0) is 16.6 Å². The molecule has 34 heavy (non-hydrogen) atoms. The first-order valence-corrected chi connectivity index (χ1v) is 12.6. The molecular formula is C31H36FNO. The Morgan fingerprint density at radius 1 is 1.00 bits per heavy atom. The van der Waals surface area contributed by atoms with Crippen molar-refractivity contribution in [3.8, 4) is 11.1 Å². The van der Waals surface area contributed by atoms with Crippen LogP contribution in [0.3, 0.4) is 0 Å². The van der Waals surface area contributed by atoms with Gasteiger partial charge in [0, 0.05) is 11.3 Å². The summed E-state index contributed by atoms with van der Waals surface area (Å²) in [6.45, 7) is 10.6. The van der Waals surface area contributed by atoms with E-state index < -0.39 is 5.41 Å². The van der Waals surface area contributed by atoms with Gasteiger partial charge in [0.05, 0.1) is 5.41 Å². The van der Waals surface area contributed by atoms with Crippen molar-refractivity contribution in [2.75, 3.05) is 5.32 Å². The number of carbonyl (C=O) groups excluding carboxylic acids is 1. The Morgan fingerprint density at radius 3 is 2.41 bits per heavy atom. The standard InChI is InChI=1S/C31H36FNO/c1-6-8-23-18-24(11-14-26(23)21(4)7-2)31(15-16-31)30(34)33-25-12-10-22(5)28(19-25)27-13-9-20(3)17-29(27)32/h9-14,17-19,21H,6-8,15-16H2,1-5H3,(H,33,34). The van der Waals surface area contributed by atoms with Crippen molar-refractivity contribution >= 4 is 11.6 Å². The number of hydrogen-bond acceptors (Lipinski definition) is 1. The molecule has 1 unspecified atom stereocenters. The third kappa shape index (κ3) is 4.66. The predicted octanol–water partition coefficient (Wildman–Crippen LogP) is 8.25. The van der Waals surface area contributed by atoms with E-state index >= 15 is 0 Å². The second-order valence-electron chi connectivity index (χ2n) is 10.0. The summed E-state index contributed by atoms with van der Waals surface area (Å²) < 4.78 is 14.7. The highest BCUT2D eigenvalue weighted by Crippen LogP contribution is 2.50. The summed E-state index contributed by atoms with van der Waals surface area (Å²) in [6, 6.07) is 17.7. The van der Waals surface area contributed by atoms with Crippen LogP contribution in [0.4, 0.5) is 10.1 Å². The Balaban J connectivity index is 1.61. The third-order valence-electron chi connectivity index (χ3n) is 7.45. The van der Waals surface area contributed by atoms with Gasteiger partial charge in [-0.2, -0.15) is 0 Å². The van der Waals surface area contributed by atoms with Gasteiger partial charge in [-0.1, -0.05) is 63.6 Å². The van der Waals surface area contributed by atoms with Gasteiger partial charge in [0.1, 0.15) is 5.82 Å². The average molecular weight is 458 g/mol. The van der Waals surface area contributed by atoms with E-state index in [0.29, 0.717) is 17.2 Å². The molecule has 3 aromatic rings. The number of carbonyl (C=O) groups is 1. The highest BCUT2D eigenvalue weighted by molar-refractivity contribution is 6.02. The first-order valence-electron chi connectivity index (χ1n) is 12.6. The van der Waals surface area contributed by atoms with Crippen LogP contribution in [0.25, 0.3) is 11.1 Å². The van der Waals surface area contributed by atoms with E-state index in [0.717, 1.165) is 54.4 Å². The second kappa shape index (κ2) is 9.74. The first kappa shape index (κ1) is 24.2. The van der Waals surface area contributed by atoms with Gasteiger partial charge < -0.3 is 5.32 Å². The molecule has 3 heteroatoms. The maximum absolute atomic E-state index is 14.7. The van der Waals surface area contributed by atoms with Gasteiger partial charge in [0.2, 0.25) is 5.91 Å². The molecule has 4 rings (SSSR count). The van der Waals surface area contributed by atoms with Crippen LogP contribution in [0, 0.1) is 19.7 Å². The molecule has 2 nitrogen and oxygen atoms in total. The van der Waals surface area contributed by atoms with Crippen LogP contribution in [0.1, 0.15) is 80.2 Å². The predicted molar refractivity (Wildman–Crippen MR) is 140 cm³/mol. The van der Waals surface area contributed by atoms with E-state index in [1.54, 1.807) is 6.07 Å². The number of nitrogens with one attached hydrogen (secondary N) is 1. The van der Waals surface area contributed by atoms with Crippen molar-refractivity contribution in [2.24, 2.45) is 0 Å². The smallest absolute Gasteiger partial charge is 0.235 e. The van der Waals surface area contributed by atoms with Crippen LogP contribution in [0.15, 0.2) is 54.6 Å². The molecule has 0 spiro atoms. The molecule has 1 atom stereocenters. The van der Waals surface area contributed by atoms with Crippen molar-refractivity contribution in [1.29, 1.82) is 0 Å². The topological polar surface area (TPSA) is 29.1 Å². The SMILES string of the molecule is CCCc1cc(C2(C(=O)Nc3ccc(C)c(-c4ccc(C)cc4F)c3)CC2)ccc1C(C)CC. The molecule has 178 valence electrons. The summed E-state index contributed by atoms with van der Waals surface area (Å²) in [5.41, 5.74) is 7.39. The van der Waals surface area contributed by atoms with E-state index in [1.165, 1.54) is 11.1 Å². The summed E-state index contributed by atoms with van der Waals surface area (Å²) in [5, 5.41) is 3.15. The zero-order valence-electron chi connectivity index (χ0n) is 21.1. The van der Waals surface area contributed by atoms with Gasteiger partial charge in [-0.15, -0.1) is 0 Å². The molecule has 0 saturated heterocycles. The molecule has 3 aromatic carbocycles. The second-order valence-corrected chi connectivity index (χ2v) is 10.0. The summed E-state index contributed by atoms with van der Waals surface area (Å²) in [5.74, 6) is 0.313. The lowest BCUT2D eigenvalue weighted by atomic mass is 9.86. The number of amides is 1. The van der Waals surface area contributed by atoms with Gasteiger partial charge in [-0.05, 0) is 97.0 Å². The molecule has 0 bridgehead atoms. The zero-order chi connectivity index (χ0) is 24.5. The molecule has 1 fully saturated rings. The minimum atomic E-state index is -0.462. The van der Waals surface area contributed by atoms with Crippen LogP contribution in [-0.4, -0.2) is 5.91 Å².